The molecule has 4 N–H and O–H groups in total. The number of hydrogen-bond donors (Lipinski definition) is 3. The molecule has 230 valence electrons. The zero-order valence-electron chi connectivity index (χ0n) is 25.4. The van der Waals surface area contributed by atoms with Crippen molar-refractivity contribution in [3.63, 3.8) is 0 Å². The lowest BCUT2D eigenvalue weighted by Gasteiger charge is -2.34. The van der Waals surface area contributed by atoms with Gasteiger partial charge in [-0.15, -0.1) is 0 Å². The van der Waals surface area contributed by atoms with E-state index in [9.17, 15) is 24.0 Å². The van der Waals surface area contributed by atoms with Gasteiger partial charge in [-0.1, -0.05) is 70.2 Å². The fraction of sp³-hybridized carbons (Fsp3) is 0.633. The largest absolute Gasteiger partial charge is 0.468 e. The Morgan fingerprint density at radius 1 is 0.951 bits per heavy atom. The minimum Gasteiger partial charge on any atom is -0.468 e. The number of benzene rings is 1. The summed E-state index contributed by atoms with van der Waals surface area (Å²) in [4.78, 5) is 65.3. The van der Waals surface area contributed by atoms with Gasteiger partial charge in [0.2, 0.25) is 17.7 Å². The minimum atomic E-state index is -1.37. The molecule has 4 amide bonds. The number of nitrogens with one attached hydrogen (secondary N) is 2. The monoisotopic (exact) mass is 576 g/mol. The second kappa shape index (κ2) is 17.9. The number of carbonyl (C=O) groups is 5. The minimum absolute atomic E-state index is 0.169. The number of aryl methyl sites for hydroxylation is 1. The van der Waals surface area contributed by atoms with Crippen LogP contribution in [-0.4, -0.2) is 66.5 Å². The number of unbranched alkanes of at least 4 members (excludes halogenated alkanes) is 5. The van der Waals surface area contributed by atoms with E-state index in [1.54, 1.807) is 32.9 Å². The van der Waals surface area contributed by atoms with Crippen LogP contribution in [0.3, 0.4) is 0 Å². The molecule has 2 unspecified atom stereocenters. The SMILES string of the molecule is CCCCCCCCN(C(=O)C(CC(N)=O)NC(=O)OC(C)(C)C)C(C(=O)NCC(=O)OC)c1ccc(CC)cc1. The second-order valence-corrected chi connectivity index (χ2v) is 11.0. The van der Waals surface area contributed by atoms with Crippen LogP contribution >= 0.6 is 0 Å². The van der Waals surface area contributed by atoms with Crippen molar-refractivity contribution in [2.45, 2.75) is 104 Å². The van der Waals surface area contributed by atoms with Gasteiger partial charge in [0.25, 0.3) is 0 Å². The number of carbonyl (C=O) groups excluding carboxylic acids is 5. The number of primary amides is 1. The molecule has 0 radical (unpaired) electrons. The lowest BCUT2D eigenvalue weighted by atomic mass is 9.99. The summed E-state index contributed by atoms with van der Waals surface area (Å²) in [5.41, 5.74) is 6.15. The predicted octanol–water partition coefficient (Wildman–Crippen LogP) is 3.54. The molecule has 1 rings (SSSR count). The van der Waals surface area contributed by atoms with E-state index in [1.807, 2.05) is 19.1 Å². The normalized spacial score (nSPS) is 12.5. The van der Waals surface area contributed by atoms with Crippen LogP contribution < -0.4 is 16.4 Å². The van der Waals surface area contributed by atoms with Crippen LogP contribution in [0.1, 0.15) is 96.7 Å². The molecule has 0 aliphatic heterocycles. The van der Waals surface area contributed by atoms with E-state index in [0.717, 1.165) is 44.1 Å². The van der Waals surface area contributed by atoms with Gasteiger partial charge in [-0.3, -0.25) is 19.2 Å². The smallest absolute Gasteiger partial charge is 0.408 e. The predicted molar refractivity (Wildman–Crippen MR) is 156 cm³/mol. The molecule has 0 aliphatic rings. The molecular formula is C30H48N4O7. The van der Waals surface area contributed by atoms with Gasteiger partial charge in [0.1, 0.15) is 24.2 Å². The van der Waals surface area contributed by atoms with Gasteiger partial charge < -0.3 is 30.7 Å². The Kier molecular flexibility index (Phi) is 15.5. The molecule has 0 spiro atoms. The average molecular weight is 577 g/mol. The van der Waals surface area contributed by atoms with Crippen LogP contribution in [0.4, 0.5) is 4.79 Å². The third kappa shape index (κ3) is 13.5. The van der Waals surface area contributed by atoms with Crippen molar-refractivity contribution in [2.24, 2.45) is 5.73 Å². The van der Waals surface area contributed by atoms with E-state index < -0.39 is 60.4 Å². The summed E-state index contributed by atoms with van der Waals surface area (Å²) in [5.74, 6) is -2.72. The zero-order chi connectivity index (χ0) is 31.0. The number of nitrogens with two attached hydrogens (primary N) is 1. The first kappa shape index (κ1) is 35.4. The number of rotatable bonds is 17. The summed E-state index contributed by atoms with van der Waals surface area (Å²) in [7, 11) is 1.21. The van der Waals surface area contributed by atoms with Gasteiger partial charge in [-0.2, -0.15) is 0 Å². The molecule has 11 nitrogen and oxygen atoms in total. The Hall–Kier alpha value is -3.63. The first-order valence-corrected chi connectivity index (χ1v) is 14.3. The number of methoxy groups -OCH3 is 1. The summed E-state index contributed by atoms with van der Waals surface area (Å²) >= 11 is 0. The third-order valence-corrected chi connectivity index (χ3v) is 6.33. The van der Waals surface area contributed by atoms with Gasteiger partial charge in [0.15, 0.2) is 0 Å². The van der Waals surface area contributed by atoms with E-state index in [2.05, 4.69) is 22.3 Å². The number of amides is 4. The highest BCUT2D eigenvalue weighted by Gasteiger charge is 2.37. The molecule has 41 heavy (non-hydrogen) atoms. The van der Waals surface area contributed by atoms with Crippen LogP contribution in [0.2, 0.25) is 0 Å². The van der Waals surface area contributed by atoms with Gasteiger partial charge in [-0.25, -0.2) is 4.79 Å². The van der Waals surface area contributed by atoms with Crippen LogP contribution in [0.15, 0.2) is 24.3 Å². The summed E-state index contributed by atoms with van der Waals surface area (Å²) in [6.07, 6.45) is 5.00. The lowest BCUT2D eigenvalue weighted by molar-refractivity contribution is -0.145. The van der Waals surface area contributed by atoms with E-state index >= 15 is 0 Å². The Morgan fingerprint density at radius 3 is 2.10 bits per heavy atom. The van der Waals surface area contributed by atoms with Crippen LogP contribution in [0.5, 0.6) is 0 Å². The van der Waals surface area contributed by atoms with Crippen molar-refractivity contribution in [3.05, 3.63) is 35.4 Å². The van der Waals surface area contributed by atoms with Gasteiger partial charge in [0.05, 0.1) is 13.5 Å². The topological polar surface area (TPSA) is 157 Å². The highest BCUT2D eigenvalue weighted by Crippen LogP contribution is 2.25. The summed E-state index contributed by atoms with van der Waals surface area (Å²) in [5, 5.41) is 5.02. The van der Waals surface area contributed by atoms with Crippen LogP contribution in [0, 0.1) is 0 Å². The third-order valence-electron chi connectivity index (χ3n) is 6.33. The Bertz CT molecular complexity index is 1010. The van der Waals surface area contributed by atoms with Crippen LogP contribution in [0.25, 0.3) is 0 Å². The molecule has 0 bridgehead atoms. The standard InChI is InChI=1S/C30H48N4O7/c1-7-9-10-11-12-13-18-34(28(38)23(19-24(31)35)33-29(39)41-30(3,4)5)26(27(37)32-20-25(36)40-6)22-16-14-21(8-2)15-17-22/h14-17,23,26H,7-13,18-20H2,1-6H3,(H2,31,35)(H,32,37)(H,33,39). The number of nitrogens with zero attached hydrogens (tertiary/aromatic N) is 1. The number of alkyl carbamates (subject to hydrolysis) is 1. The maximum Gasteiger partial charge on any atom is 0.408 e. The van der Waals surface area contributed by atoms with Crippen molar-refractivity contribution in [3.8, 4) is 0 Å². The lowest BCUT2D eigenvalue weighted by Crippen LogP contribution is -2.54. The highest BCUT2D eigenvalue weighted by molar-refractivity contribution is 5.95. The molecule has 0 aliphatic carbocycles. The highest BCUT2D eigenvalue weighted by atomic mass is 16.6. The van der Waals surface area contributed by atoms with Crippen molar-refractivity contribution < 1.29 is 33.4 Å². The van der Waals surface area contributed by atoms with Crippen LogP contribution in [-0.2, 0) is 35.1 Å². The molecule has 11 heteroatoms. The molecule has 2 atom stereocenters. The molecule has 0 aromatic heterocycles. The average Bonchev–Trinajstić information content (AvgIpc) is 2.90. The molecule has 0 fully saturated rings. The quantitative estimate of drug-likeness (QED) is 0.189. The van der Waals surface area contributed by atoms with E-state index in [4.69, 9.17) is 10.5 Å². The molecule has 0 saturated carbocycles. The number of ether oxygens (including phenoxy) is 2. The molecule has 1 aromatic rings. The van der Waals surface area contributed by atoms with Crippen molar-refractivity contribution >= 4 is 29.8 Å². The summed E-state index contributed by atoms with van der Waals surface area (Å²) in [6.45, 7) is 8.91. The van der Waals surface area contributed by atoms with Gasteiger partial charge in [0, 0.05) is 6.54 Å². The van der Waals surface area contributed by atoms with Crippen molar-refractivity contribution in [1.82, 2.24) is 15.5 Å². The molecule has 0 heterocycles. The van der Waals surface area contributed by atoms with E-state index in [-0.39, 0.29) is 6.54 Å². The fourth-order valence-corrected chi connectivity index (χ4v) is 4.22. The van der Waals surface area contributed by atoms with Crippen molar-refractivity contribution in [1.29, 1.82) is 0 Å². The summed E-state index contributed by atoms with van der Waals surface area (Å²) in [6, 6.07) is 4.73. The van der Waals surface area contributed by atoms with Crippen molar-refractivity contribution in [2.75, 3.05) is 20.2 Å². The fourth-order valence-electron chi connectivity index (χ4n) is 4.22. The van der Waals surface area contributed by atoms with E-state index in [0.29, 0.717) is 12.0 Å². The summed E-state index contributed by atoms with van der Waals surface area (Å²) < 4.78 is 9.96. The first-order valence-electron chi connectivity index (χ1n) is 14.3. The number of hydrogen-bond acceptors (Lipinski definition) is 7. The Morgan fingerprint density at radius 2 is 1.56 bits per heavy atom. The Labute approximate surface area is 243 Å². The number of esters is 1. The van der Waals surface area contributed by atoms with E-state index in [1.165, 1.54) is 12.0 Å². The first-order chi connectivity index (χ1) is 19.3. The maximum absolute atomic E-state index is 14.1. The Balaban J connectivity index is 3.48. The maximum atomic E-state index is 14.1. The van der Waals surface area contributed by atoms with Gasteiger partial charge in [-0.05, 0) is 44.7 Å². The molecule has 1 aromatic carbocycles. The zero-order valence-corrected chi connectivity index (χ0v) is 25.4. The van der Waals surface area contributed by atoms with Gasteiger partial charge >= 0.3 is 12.1 Å². The second-order valence-electron chi connectivity index (χ2n) is 11.0. The molecular weight excluding hydrogens is 528 g/mol. The molecule has 0 saturated heterocycles.